The Hall–Kier alpha value is -3.26. The van der Waals surface area contributed by atoms with E-state index in [0.717, 1.165) is 28.7 Å². The van der Waals surface area contributed by atoms with Crippen LogP contribution in [0.15, 0.2) is 47.5 Å². The molecule has 2 N–H and O–H groups in total. The number of nitrogens with two attached hydrogens (primary N) is 1. The van der Waals surface area contributed by atoms with Gasteiger partial charge in [0.1, 0.15) is 11.4 Å². The average molecular weight is 416 g/mol. The minimum atomic E-state index is -1.05. The Labute approximate surface area is 184 Å². The molecule has 1 spiro atoms. The summed E-state index contributed by atoms with van der Waals surface area (Å²) in [5.74, 6) is 7.84. The molecule has 1 amide bonds. The number of carbonyl (C=O) groups is 1. The number of nitrogens with zero attached hydrogens (tertiary/aromatic N) is 2. The van der Waals surface area contributed by atoms with Crippen LogP contribution in [0.2, 0.25) is 0 Å². The highest BCUT2D eigenvalue weighted by molar-refractivity contribution is 6.07. The van der Waals surface area contributed by atoms with Gasteiger partial charge in [-0.3, -0.25) is 9.69 Å². The summed E-state index contributed by atoms with van der Waals surface area (Å²) in [6, 6.07) is 14.1. The van der Waals surface area contributed by atoms with E-state index in [1.807, 2.05) is 44.2 Å². The normalized spacial score (nSPS) is 21.4. The van der Waals surface area contributed by atoms with Gasteiger partial charge in [-0.2, -0.15) is 0 Å². The Balaban J connectivity index is 1.79. The summed E-state index contributed by atoms with van der Waals surface area (Å²) < 4.78 is 6.21. The first kappa shape index (κ1) is 21.0. The molecule has 160 valence electrons. The van der Waals surface area contributed by atoms with Gasteiger partial charge in [0.2, 0.25) is 0 Å². The van der Waals surface area contributed by atoms with E-state index >= 15 is 0 Å². The number of guanidine groups is 1. The first-order valence-electron chi connectivity index (χ1n) is 10.7. The van der Waals surface area contributed by atoms with Gasteiger partial charge in [-0.15, -0.1) is 0 Å². The maximum atomic E-state index is 13.3. The second-order valence-electron chi connectivity index (χ2n) is 9.42. The molecule has 2 aromatic rings. The van der Waals surface area contributed by atoms with Crippen LogP contribution in [0.1, 0.15) is 51.7 Å². The average Bonchev–Trinajstić information content (AvgIpc) is 2.91. The van der Waals surface area contributed by atoms with E-state index in [4.69, 9.17) is 10.5 Å². The van der Waals surface area contributed by atoms with E-state index < -0.39 is 11.1 Å². The van der Waals surface area contributed by atoms with Gasteiger partial charge >= 0.3 is 0 Å². The highest BCUT2D eigenvalue weighted by Gasteiger charge is 2.55. The molecule has 2 aliphatic rings. The third kappa shape index (κ3) is 3.79. The number of rotatable bonds is 2. The van der Waals surface area contributed by atoms with Crippen molar-refractivity contribution in [1.82, 2.24) is 4.90 Å². The number of carbonyl (C=O) groups excluding carboxylic acids is 1. The Morgan fingerprint density at radius 3 is 2.61 bits per heavy atom. The molecule has 0 fully saturated rings. The second-order valence-corrected chi connectivity index (χ2v) is 9.42. The van der Waals surface area contributed by atoms with Crippen LogP contribution in [0.4, 0.5) is 0 Å². The molecular weight excluding hydrogens is 386 g/mol. The zero-order valence-electron chi connectivity index (χ0n) is 18.8. The van der Waals surface area contributed by atoms with Crippen LogP contribution in [-0.2, 0) is 10.3 Å². The summed E-state index contributed by atoms with van der Waals surface area (Å²) >= 11 is 0. The van der Waals surface area contributed by atoms with E-state index in [1.54, 1.807) is 7.05 Å². The SMILES string of the molecule is CC(C)CC#Cc1cccc(-c2ccc3c(c2)C2(CC(C)(C)O3)N=C(N)N(C)C2=O)c1. The second kappa shape index (κ2) is 7.46. The molecule has 4 rings (SSSR count). The molecule has 2 aromatic carbocycles. The minimum absolute atomic E-state index is 0.118. The lowest BCUT2D eigenvalue weighted by Crippen LogP contribution is -2.49. The fourth-order valence-corrected chi connectivity index (χ4v) is 4.29. The number of benzene rings is 2. The van der Waals surface area contributed by atoms with Gasteiger partial charge in [-0.25, -0.2) is 4.99 Å². The van der Waals surface area contributed by atoms with Gasteiger partial charge in [-0.1, -0.05) is 43.9 Å². The molecule has 1 atom stereocenters. The fourth-order valence-electron chi connectivity index (χ4n) is 4.29. The maximum Gasteiger partial charge on any atom is 0.261 e. The standard InChI is InChI=1S/C26H29N3O2/c1-17(2)8-6-9-18-10-7-11-19(14-18)20-12-13-22-21(15-20)26(16-25(3,4)31-22)23(30)29(5)24(27)28-26/h7,10-15,17H,8,16H2,1-5H3,(H2,27,28). The van der Waals surface area contributed by atoms with E-state index in [2.05, 4.69) is 42.8 Å². The zero-order valence-corrected chi connectivity index (χ0v) is 18.8. The van der Waals surface area contributed by atoms with Crippen molar-refractivity contribution in [1.29, 1.82) is 0 Å². The lowest BCUT2D eigenvalue weighted by atomic mass is 9.77. The third-order valence-electron chi connectivity index (χ3n) is 5.74. The molecule has 5 nitrogen and oxygen atoms in total. The quantitative estimate of drug-likeness (QED) is 0.744. The molecular formula is C26H29N3O2. The van der Waals surface area contributed by atoms with E-state index in [1.165, 1.54) is 4.90 Å². The van der Waals surface area contributed by atoms with Crippen LogP contribution in [0.5, 0.6) is 5.75 Å². The number of hydrogen-bond acceptors (Lipinski definition) is 4. The Kier molecular flexibility index (Phi) is 5.05. The van der Waals surface area contributed by atoms with Gasteiger partial charge < -0.3 is 10.5 Å². The minimum Gasteiger partial charge on any atom is -0.487 e. The highest BCUT2D eigenvalue weighted by Crippen LogP contribution is 2.49. The predicted octanol–water partition coefficient (Wildman–Crippen LogP) is 4.29. The molecule has 0 saturated heterocycles. The molecule has 0 radical (unpaired) electrons. The summed E-state index contributed by atoms with van der Waals surface area (Å²) in [5, 5.41) is 0. The predicted molar refractivity (Wildman–Crippen MR) is 124 cm³/mol. The Bertz CT molecular complexity index is 1140. The molecule has 5 heteroatoms. The molecule has 0 aliphatic carbocycles. The molecule has 1 unspecified atom stereocenters. The van der Waals surface area contributed by atoms with Gasteiger partial charge in [-0.05, 0) is 55.2 Å². The van der Waals surface area contributed by atoms with Crippen molar-refractivity contribution in [3.8, 4) is 28.7 Å². The van der Waals surface area contributed by atoms with Gasteiger partial charge in [0, 0.05) is 31.0 Å². The third-order valence-corrected chi connectivity index (χ3v) is 5.74. The summed E-state index contributed by atoms with van der Waals surface area (Å²) in [5.41, 5.74) is 8.23. The molecule has 0 bridgehead atoms. The van der Waals surface area contributed by atoms with Crippen molar-refractivity contribution in [2.45, 2.75) is 51.7 Å². The van der Waals surface area contributed by atoms with Crippen molar-refractivity contribution in [3.63, 3.8) is 0 Å². The molecule has 0 saturated carbocycles. The van der Waals surface area contributed by atoms with Crippen LogP contribution in [0.3, 0.4) is 0 Å². The number of aliphatic imine (C=N–C) groups is 1. The van der Waals surface area contributed by atoms with Crippen molar-refractivity contribution in [3.05, 3.63) is 53.6 Å². The molecule has 0 aromatic heterocycles. The number of ether oxygens (including phenoxy) is 1. The summed E-state index contributed by atoms with van der Waals surface area (Å²) in [6.07, 6.45) is 1.30. The fraction of sp³-hybridized carbons (Fsp3) is 0.385. The smallest absolute Gasteiger partial charge is 0.261 e. The Morgan fingerprint density at radius 1 is 1.19 bits per heavy atom. The number of amides is 1. The zero-order chi connectivity index (χ0) is 22.4. The van der Waals surface area contributed by atoms with Crippen LogP contribution in [-0.4, -0.2) is 29.4 Å². The Morgan fingerprint density at radius 2 is 1.94 bits per heavy atom. The first-order valence-corrected chi connectivity index (χ1v) is 10.7. The molecule has 2 heterocycles. The van der Waals surface area contributed by atoms with Crippen molar-refractivity contribution >= 4 is 11.9 Å². The van der Waals surface area contributed by atoms with E-state index in [-0.39, 0.29) is 11.9 Å². The van der Waals surface area contributed by atoms with Crippen LogP contribution in [0.25, 0.3) is 11.1 Å². The summed E-state index contributed by atoms with van der Waals surface area (Å²) in [6.45, 7) is 8.27. The largest absolute Gasteiger partial charge is 0.487 e. The van der Waals surface area contributed by atoms with Crippen molar-refractivity contribution < 1.29 is 9.53 Å². The van der Waals surface area contributed by atoms with Crippen LogP contribution in [0, 0.1) is 17.8 Å². The summed E-state index contributed by atoms with van der Waals surface area (Å²) in [7, 11) is 1.67. The lowest BCUT2D eigenvalue weighted by molar-refractivity contribution is -0.133. The number of hydrogen-bond donors (Lipinski definition) is 1. The van der Waals surface area contributed by atoms with Gasteiger partial charge in [0.05, 0.1) is 0 Å². The number of fused-ring (bicyclic) bond motifs is 2. The monoisotopic (exact) mass is 415 g/mol. The lowest BCUT2D eigenvalue weighted by Gasteiger charge is -2.41. The van der Waals surface area contributed by atoms with Crippen LogP contribution < -0.4 is 10.5 Å². The van der Waals surface area contributed by atoms with Gasteiger partial charge in [0.15, 0.2) is 11.5 Å². The van der Waals surface area contributed by atoms with E-state index in [9.17, 15) is 4.79 Å². The van der Waals surface area contributed by atoms with Crippen molar-refractivity contribution in [2.75, 3.05) is 7.05 Å². The maximum absolute atomic E-state index is 13.3. The topological polar surface area (TPSA) is 67.9 Å². The summed E-state index contributed by atoms with van der Waals surface area (Å²) in [4.78, 5) is 19.4. The molecule has 2 aliphatic heterocycles. The van der Waals surface area contributed by atoms with Crippen molar-refractivity contribution in [2.24, 2.45) is 16.6 Å². The van der Waals surface area contributed by atoms with Gasteiger partial charge in [0.25, 0.3) is 5.91 Å². The van der Waals surface area contributed by atoms with E-state index in [0.29, 0.717) is 18.1 Å². The molecule has 31 heavy (non-hydrogen) atoms. The van der Waals surface area contributed by atoms with Crippen LogP contribution >= 0.6 is 0 Å². The highest BCUT2D eigenvalue weighted by atomic mass is 16.5. The number of likely N-dealkylation sites (N-methyl/N-ethyl adjacent to an activating group) is 1. The first-order chi connectivity index (χ1) is 14.6.